The average molecular weight is 446 g/mol. The number of hydrogen-bond donors (Lipinski definition) is 7. The van der Waals surface area contributed by atoms with Gasteiger partial charge in [0, 0.05) is 0 Å². The number of rotatable bonds is 8. The molecule has 1 aromatic carbocycles. The summed E-state index contributed by atoms with van der Waals surface area (Å²) in [6.45, 7) is -0.823. The zero-order valence-corrected chi connectivity index (χ0v) is 16.8. The second-order valence-electron chi connectivity index (χ2n) is 7.65. The Kier molecular flexibility index (Phi) is 8.73. The molecule has 0 bridgehead atoms. The molecule has 2 saturated heterocycles. The second kappa shape index (κ2) is 11.1. The van der Waals surface area contributed by atoms with Crippen LogP contribution in [0.1, 0.15) is 5.56 Å². The maximum atomic E-state index is 10.2. The van der Waals surface area contributed by atoms with E-state index in [4.69, 9.17) is 18.9 Å². The Balaban J connectivity index is 1.54. The van der Waals surface area contributed by atoms with Crippen molar-refractivity contribution in [2.24, 2.45) is 0 Å². The Morgan fingerprint density at radius 2 is 1.23 bits per heavy atom. The Morgan fingerprint density at radius 3 is 1.84 bits per heavy atom. The fourth-order valence-corrected chi connectivity index (χ4v) is 3.52. The van der Waals surface area contributed by atoms with Gasteiger partial charge in [-0.15, -0.1) is 0 Å². The molecule has 2 aliphatic heterocycles. The van der Waals surface area contributed by atoms with Gasteiger partial charge >= 0.3 is 0 Å². The summed E-state index contributed by atoms with van der Waals surface area (Å²) in [4.78, 5) is 0. The zero-order valence-electron chi connectivity index (χ0n) is 16.8. The molecule has 176 valence electrons. The Labute approximate surface area is 179 Å². The molecule has 10 atom stereocenters. The van der Waals surface area contributed by atoms with Gasteiger partial charge in [-0.1, -0.05) is 30.3 Å². The molecule has 0 unspecified atom stereocenters. The molecule has 2 fully saturated rings. The van der Waals surface area contributed by atoms with Crippen LogP contribution in [0.15, 0.2) is 30.3 Å². The smallest absolute Gasteiger partial charge is 0.186 e. The first-order chi connectivity index (χ1) is 14.8. The lowest BCUT2D eigenvalue weighted by molar-refractivity contribution is -0.331. The van der Waals surface area contributed by atoms with Gasteiger partial charge in [0.25, 0.3) is 0 Å². The highest BCUT2D eigenvalue weighted by Crippen LogP contribution is 2.26. The first-order valence-corrected chi connectivity index (χ1v) is 10.1. The van der Waals surface area contributed by atoms with Crippen molar-refractivity contribution in [3.8, 4) is 0 Å². The summed E-state index contributed by atoms with van der Waals surface area (Å²) in [6.07, 6.45) is -13.8. The van der Waals surface area contributed by atoms with Crippen LogP contribution in [0.4, 0.5) is 0 Å². The van der Waals surface area contributed by atoms with Crippen LogP contribution >= 0.6 is 0 Å². The molecule has 0 saturated carbocycles. The first-order valence-electron chi connectivity index (χ1n) is 10.1. The van der Waals surface area contributed by atoms with Crippen molar-refractivity contribution >= 4 is 0 Å². The molecule has 2 heterocycles. The van der Waals surface area contributed by atoms with Crippen molar-refractivity contribution < 1.29 is 54.7 Å². The minimum Gasteiger partial charge on any atom is -0.394 e. The highest BCUT2D eigenvalue weighted by molar-refractivity contribution is 5.14. The molecule has 0 spiro atoms. The van der Waals surface area contributed by atoms with E-state index in [1.807, 2.05) is 30.3 Å². The van der Waals surface area contributed by atoms with Gasteiger partial charge in [-0.3, -0.25) is 0 Å². The third-order valence-corrected chi connectivity index (χ3v) is 5.46. The predicted molar refractivity (Wildman–Crippen MR) is 102 cm³/mol. The minimum absolute atomic E-state index is 0.189. The van der Waals surface area contributed by atoms with Gasteiger partial charge < -0.3 is 54.7 Å². The van der Waals surface area contributed by atoms with E-state index < -0.39 is 74.6 Å². The van der Waals surface area contributed by atoms with Crippen LogP contribution in [-0.4, -0.2) is 117 Å². The number of hydrogen-bond acceptors (Lipinski definition) is 11. The number of aliphatic hydroxyl groups is 7. The van der Waals surface area contributed by atoms with Crippen molar-refractivity contribution in [2.75, 3.05) is 19.8 Å². The van der Waals surface area contributed by atoms with Crippen molar-refractivity contribution in [1.82, 2.24) is 0 Å². The molecule has 0 aromatic heterocycles. The van der Waals surface area contributed by atoms with Crippen LogP contribution < -0.4 is 0 Å². The van der Waals surface area contributed by atoms with E-state index in [-0.39, 0.29) is 6.61 Å². The van der Waals surface area contributed by atoms with Gasteiger partial charge in [-0.05, 0) is 12.0 Å². The van der Waals surface area contributed by atoms with E-state index in [0.29, 0.717) is 6.42 Å². The molecule has 1 aromatic rings. The summed E-state index contributed by atoms with van der Waals surface area (Å²) in [6, 6.07) is 9.48. The van der Waals surface area contributed by atoms with Crippen LogP contribution in [0.2, 0.25) is 0 Å². The molecule has 0 radical (unpaired) electrons. The SMILES string of the molecule is OC[C@H]1O[C@@H](OC[C@H]2O[C@@H](OCCc3ccccc3)[C@H](O)[C@@H](O)[C@@H]2O)[C@H](O)[C@@H](O)[C@@H]1O. The standard InChI is InChI=1S/C20H30O11/c21-8-11-13(22)15(24)18(27)20(30-11)29-9-12-14(23)16(25)17(26)19(31-12)28-7-6-10-4-2-1-3-5-10/h1-5,11-27H,6-9H2/t11-,12-,13-,14-,15+,16+,17-,18-,19-,20-/m1/s1. The molecule has 2 aliphatic rings. The average Bonchev–Trinajstić information content (AvgIpc) is 2.78. The zero-order chi connectivity index (χ0) is 22.5. The maximum absolute atomic E-state index is 10.2. The van der Waals surface area contributed by atoms with Crippen LogP contribution in [0, 0.1) is 0 Å². The highest BCUT2D eigenvalue weighted by Gasteiger charge is 2.47. The van der Waals surface area contributed by atoms with E-state index in [0.717, 1.165) is 5.56 Å². The lowest BCUT2D eigenvalue weighted by Crippen LogP contribution is -2.61. The summed E-state index contributed by atoms with van der Waals surface area (Å²) in [5.74, 6) is 0. The van der Waals surface area contributed by atoms with Gasteiger partial charge in [0.1, 0.15) is 48.8 Å². The Bertz CT molecular complexity index is 660. The highest BCUT2D eigenvalue weighted by atomic mass is 16.7. The van der Waals surface area contributed by atoms with E-state index >= 15 is 0 Å². The Hall–Kier alpha value is -1.22. The van der Waals surface area contributed by atoms with E-state index in [1.54, 1.807) is 0 Å². The summed E-state index contributed by atoms with van der Waals surface area (Å²) in [5.41, 5.74) is 1.01. The predicted octanol–water partition coefficient (Wildman–Crippen LogP) is -3.13. The molecule has 7 N–H and O–H groups in total. The molecule has 0 aliphatic carbocycles. The minimum atomic E-state index is -1.62. The van der Waals surface area contributed by atoms with Crippen molar-refractivity contribution in [1.29, 1.82) is 0 Å². The summed E-state index contributed by atoms with van der Waals surface area (Å²) in [5, 5.41) is 69.4. The number of ether oxygens (including phenoxy) is 4. The normalized spacial score (nSPS) is 41.3. The molecule has 11 heteroatoms. The van der Waals surface area contributed by atoms with Crippen LogP contribution in [0.3, 0.4) is 0 Å². The third kappa shape index (κ3) is 5.78. The number of benzene rings is 1. The fraction of sp³-hybridized carbons (Fsp3) is 0.700. The monoisotopic (exact) mass is 446 g/mol. The quantitative estimate of drug-likeness (QED) is 0.215. The van der Waals surface area contributed by atoms with Crippen molar-refractivity contribution in [2.45, 2.75) is 67.8 Å². The van der Waals surface area contributed by atoms with Crippen molar-refractivity contribution in [3.63, 3.8) is 0 Å². The molecular formula is C20H30O11. The van der Waals surface area contributed by atoms with Crippen LogP contribution in [0.5, 0.6) is 0 Å². The Morgan fingerprint density at radius 1 is 0.677 bits per heavy atom. The molecule has 11 nitrogen and oxygen atoms in total. The van der Waals surface area contributed by atoms with E-state index in [1.165, 1.54) is 0 Å². The van der Waals surface area contributed by atoms with Gasteiger partial charge in [-0.2, -0.15) is 0 Å². The van der Waals surface area contributed by atoms with Gasteiger partial charge in [0.2, 0.25) is 0 Å². The van der Waals surface area contributed by atoms with E-state index in [9.17, 15) is 35.7 Å². The molecule has 31 heavy (non-hydrogen) atoms. The maximum Gasteiger partial charge on any atom is 0.186 e. The van der Waals surface area contributed by atoms with E-state index in [2.05, 4.69) is 0 Å². The molecule has 0 amide bonds. The topological polar surface area (TPSA) is 179 Å². The van der Waals surface area contributed by atoms with Crippen LogP contribution in [-0.2, 0) is 25.4 Å². The second-order valence-corrected chi connectivity index (χ2v) is 7.65. The van der Waals surface area contributed by atoms with Crippen LogP contribution in [0.25, 0.3) is 0 Å². The summed E-state index contributed by atoms with van der Waals surface area (Å²) in [7, 11) is 0. The lowest BCUT2D eigenvalue weighted by Gasteiger charge is -2.42. The first kappa shape index (κ1) is 24.4. The molecular weight excluding hydrogens is 416 g/mol. The lowest BCUT2D eigenvalue weighted by atomic mass is 9.98. The third-order valence-electron chi connectivity index (χ3n) is 5.46. The number of aliphatic hydroxyl groups excluding tert-OH is 7. The van der Waals surface area contributed by atoms with Gasteiger partial charge in [0.05, 0.1) is 19.8 Å². The summed E-state index contributed by atoms with van der Waals surface area (Å²) >= 11 is 0. The van der Waals surface area contributed by atoms with Gasteiger partial charge in [-0.25, -0.2) is 0 Å². The van der Waals surface area contributed by atoms with Gasteiger partial charge in [0.15, 0.2) is 12.6 Å². The summed E-state index contributed by atoms with van der Waals surface area (Å²) < 4.78 is 21.7. The fourth-order valence-electron chi connectivity index (χ4n) is 3.52. The molecule has 3 rings (SSSR count). The largest absolute Gasteiger partial charge is 0.394 e. The van der Waals surface area contributed by atoms with Crippen molar-refractivity contribution in [3.05, 3.63) is 35.9 Å².